The lowest BCUT2D eigenvalue weighted by atomic mass is 9.53. The van der Waals surface area contributed by atoms with E-state index in [2.05, 4.69) is 10.6 Å². The van der Waals surface area contributed by atoms with Crippen LogP contribution in [-0.2, 0) is 10.0 Å². The number of rotatable bonds is 6. The summed E-state index contributed by atoms with van der Waals surface area (Å²) in [6, 6.07) is -0.0401. The Morgan fingerprint density at radius 1 is 1.04 bits per heavy atom. The molecule has 1 aliphatic heterocycles. The molecular formula is C19H33N3O4S. The van der Waals surface area contributed by atoms with Gasteiger partial charge in [-0.15, -0.1) is 0 Å². The second kappa shape index (κ2) is 7.52. The molecule has 4 bridgehead atoms. The average molecular weight is 400 g/mol. The fourth-order valence-electron chi connectivity index (χ4n) is 6.38. The van der Waals surface area contributed by atoms with Crippen molar-refractivity contribution in [1.29, 1.82) is 0 Å². The highest BCUT2D eigenvalue weighted by Crippen LogP contribution is 2.55. The molecule has 1 saturated heterocycles. The van der Waals surface area contributed by atoms with Crippen molar-refractivity contribution in [2.24, 2.45) is 17.8 Å². The second-order valence-electron chi connectivity index (χ2n) is 9.36. The summed E-state index contributed by atoms with van der Waals surface area (Å²) in [6.45, 7) is 0.772. The monoisotopic (exact) mass is 399 g/mol. The number of carbonyl (C=O) groups is 1. The summed E-state index contributed by atoms with van der Waals surface area (Å²) in [7, 11) is -3.29. The van der Waals surface area contributed by atoms with Crippen LogP contribution in [0, 0.1) is 17.8 Å². The summed E-state index contributed by atoms with van der Waals surface area (Å²) < 4.78 is 25.9. The lowest BCUT2D eigenvalue weighted by Crippen LogP contribution is -2.62. The highest BCUT2D eigenvalue weighted by molar-refractivity contribution is 7.89. The molecule has 5 rings (SSSR count). The van der Waals surface area contributed by atoms with Crippen LogP contribution in [0.15, 0.2) is 0 Å². The van der Waals surface area contributed by atoms with Crippen LogP contribution in [0.3, 0.4) is 0 Å². The minimum Gasteiger partial charge on any atom is -0.396 e. The number of carbonyl (C=O) groups excluding carboxylic acids is 1. The summed E-state index contributed by atoms with van der Waals surface area (Å²) in [4.78, 5) is 12.6. The summed E-state index contributed by atoms with van der Waals surface area (Å²) in [5.41, 5.74) is 0.00711. The van der Waals surface area contributed by atoms with Crippen molar-refractivity contribution in [2.75, 3.05) is 25.4 Å². The number of nitrogens with one attached hydrogen (secondary N) is 2. The predicted octanol–water partition coefficient (Wildman–Crippen LogP) is 1.43. The molecule has 4 aliphatic carbocycles. The molecule has 5 aliphatic rings. The van der Waals surface area contributed by atoms with Crippen molar-refractivity contribution in [2.45, 2.75) is 69.4 Å². The first-order valence-electron chi connectivity index (χ1n) is 10.5. The molecule has 2 amide bonds. The van der Waals surface area contributed by atoms with Gasteiger partial charge in [-0.2, -0.15) is 0 Å². The van der Waals surface area contributed by atoms with E-state index in [0.29, 0.717) is 25.9 Å². The van der Waals surface area contributed by atoms with Gasteiger partial charge >= 0.3 is 6.03 Å². The molecule has 0 aromatic rings. The molecule has 154 valence electrons. The van der Waals surface area contributed by atoms with Gasteiger partial charge in [0.1, 0.15) is 0 Å². The third-order valence-electron chi connectivity index (χ3n) is 7.16. The lowest BCUT2D eigenvalue weighted by molar-refractivity contribution is -0.0137. The molecule has 3 N–H and O–H groups in total. The standard InChI is InChI=1S/C19H33N3O4S/c23-6-1-7-27(25,26)22-4-2-17(3-5-22)20-18(24)21-19-11-14-8-15(12-19)10-16(9-14)13-19/h14-17,23H,1-13H2,(H2,20,21,24). The van der Waals surface area contributed by atoms with Crippen molar-refractivity contribution in [3.63, 3.8) is 0 Å². The summed E-state index contributed by atoms with van der Waals surface area (Å²) >= 11 is 0. The van der Waals surface area contributed by atoms with Gasteiger partial charge in [-0.1, -0.05) is 0 Å². The zero-order chi connectivity index (χ0) is 19.1. The maximum absolute atomic E-state index is 12.6. The van der Waals surface area contributed by atoms with Crippen molar-refractivity contribution in [1.82, 2.24) is 14.9 Å². The van der Waals surface area contributed by atoms with E-state index in [4.69, 9.17) is 5.11 Å². The van der Waals surface area contributed by atoms with Crippen molar-refractivity contribution in [3.8, 4) is 0 Å². The number of nitrogens with zero attached hydrogens (tertiary/aromatic N) is 1. The van der Waals surface area contributed by atoms with Crippen molar-refractivity contribution in [3.05, 3.63) is 0 Å². The molecule has 7 nitrogen and oxygen atoms in total. The van der Waals surface area contributed by atoms with Crippen LogP contribution in [0.4, 0.5) is 4.79 Å². The van der Waals surface area contributed by atoms with Crippen LogP contribution >= 0.6 is 0 Å². The fourth-order valence-corrected chi connectivity index (χ4v) is 7.90. The molecule has 4 saturated carbocycles. The molecule has 0 aromatic heterocycles. The zero-order valence-electron chi connectivity index (χ0n) is 16.0. The maximum atomic E-state index is 12.6. The van der Waals surface area contributed by atoms with E-state index in [-0.39, 0.29) is 36.4 Å². The molecule has 8 heteroatoms. The van der Waals surface area contributed by atoms with E-state index < -0.39 is 10.0 Å². The number of urea groups is 1. The van der Waals surface area contributed by atoms with Crippen LogP contribution in [0.5, 0.6) is 0 Å². The smallest absolute Gasteiger partial charge is 0.315 e. The van der Waals surface area contributed by atoms with E-state index in [1.165, 1.54) is 23.6 Å². The van der Waals surface area contributed by atoms with Crippen molar-refractivity contribution < 1.29 is 18.3 Å². The first kappa shape index (κ1) is 19.5. The largest absolute Gasteiger partial charge is 0.396 e. The van der Waals surface area contributed by atoms with Gasteiger partial charge in [0, 0.05) is 31.3 Å². The molecule has 1 heterocycles. The minimum absolute atomic E-state index is 0.00585. The Morgan fingerprint density at radius 3 is 2.11 bits per heavy atom. The van der Waals surface area contributed by atoms with Crippen LogP contribution in [-0.4, -0.2) is 60.9 Å². The van der Waals surface area contributed by atoms with E-state index in [0.717, 1.165) is 37.0 Å². The topological polar surface area (TPSA) is 98.7 Å². The third kappa shape index (κ3) is 4.27. The van der Waals surface area contributed by atoms with Gasteiger partial charge in [0.05, 0.1) is 5.75 Å². The average Bonchev–Trinajstić information content (AvgIpc) is 2.58. The summed E-state index contributed by atoms with van der Waals surface area (Å²) in [5, 5.41) is 15.3. The molecule has 0 atom stereocenters. The Balaban J connectivity index is 1.25. The van der Waals surface area contributed by atoms with Crippen molar-refractivity contribution >= 4 is 16.1 Å². The number of sulfonamides is 1. The number of piperidine rings is 1. The van der Waals surface area contributed by atoms with Gasteiger partial charge in [-0.3, -0.25) is 0 Å². The molecular weight excluding hydrogens is 366 g/mol. The number of amides is 2. The molecule has 0 aromatic carbocycles. The SMILES string of the molecule is O=C(NC1CCN(S(=O)(=O)CCCO)CC1)NC12CC3CC(CC(C3)C1)C2. The third-order valence-corrected chi connectivity index (χ3v) is 9.12. The number of aliphatic hydroxyl groups is 1. The van der Waals surface area contributed by atoms with E-state index in [1.807, 2.05) is 0 Å². The number of aliphatic hydroxyl groups excluding tert-OH is 1. The minimum atomic E-state index is -3.29. The maximum Gasteiger partial charge on any atom is 0.315 e. The number of hydrogen-bond acceptors (Lipinski definition) is 4. The summed E-state index contributed by atoms with van der Waals surface area (Å²) in [6.07, 6.45) is 9.02. The van der Waals surface area contributed by atoms with Crippen LogP contribution in [0.1, 0.15) is 57.8 Å². The van der Waals surface area contributed by atoms with Crippen LogP contribution in [0.25, 0.3) is 0 Å². The van der Waals surface area contributed by atoms with Gasteiger partial charge < -0.3 is 15.7 Å². The van der Waals surface area contributed by atoms with Gasteiger partial charge in [-0.25, -0.2) is 17.5 Å². The Hall–Kier alpha value is -0.860. The van der Waals surface area contributed by atoms with E-state index in [9.17, 15) is 13.2 Å². The van der Waals surface area contributed by atoms with Crippen LogP contribution < -0.4 is 10.6 Å². The first-order chi connectivity index (χ1) is 12.9. The summed E-state index contributed by atoms with van der Waals surface area (Å²) in [5.74, 6) is 2.38. The van der Waals surface area contributed by atoms with Crippen LogP contribution in [0.2, 0.25) is 0 Å². The fraction of sp³-hybridized carbons (Fsp3) is 0.947. The first-order valence-corrected chi connectivity index (χ1v) is 12.2. The van der Waals surface area contributed by atoms with E-state index in [1.54, 1.807) is 0 Å². The molecule has 0 spiro atoms. The Morgan fingerprint density at radius 2 is 1.59 bits per heavy atom. The zero-order valence-corrected chi connectivity index (χ0v) is 16.8. The molecule has 27 heavy (non-hydrogen) atoms. The van der Waals surface area contributed by atoms with E-state index >= 15 is 0 Å². The predicted molar refractivity (Wildman–Crippen MR) is 103 cm³/mol. The van der Waals surface area contributed by atoms with Gasteiger partial charge in [0.15, 0.2) is 0 Å². The van der Waals surface area contributed by atoms with Gasteiger partial charge in [-0.05, 0) is 75.5 Å². The Bertz CT molecular complexity index is 623. The second-order valence-corrected chi connectivity index (χ2v) is 11.5. The Labute approximate surface area is 162 Å². The van der Waals surface area contributed by atoms with Gasteiger partial charge in [0.2, 0.25) is 10.0 Å². The normalized spacial score (nSPS) is 36.7. The molecule has 0 unspecified atom stereocenters. The Kier molecular flexibility index (Phi) is 5.42. The number of hydrogen-bond donors (Lipinski definition) is 3. The quantitative estimate of drug-likeness (QED) is 0.629. The van der Waals surface area contributed by atoms with Gasteiger partial charge in [0.25, 0.3) is 0 Å². The lowest BCUT2D eigenvalue weighted by Gasteiger charge is -2.56. The highest BCUT2D eigenvalue weighted by Gasteiger charge is 2.51. The molecule has 5 fully saturated rings. The highest BCUT2D eigenvalue weighted by atomic mass is 32.2. The molecule has 0 radical (unpaired) electrons.